The Hall–Kier alpha value is -0.570. The van der Waals surface area contributed by atoms with E-state index in [4.69, 9.17) is 4.74 Å². The zero-order valence-corrected chi connectivity index (χ0v) is 6.88. The van der Waals surface area contributed by atoms with Crippen molar-refractivity contribution >= 4 is 6.47 Å². The molecule has 1 saturated heterocycles. The molecule has 0 aromatic rings. The molecule has 1 rings (SSSR count). The third kappa shape index (κ3) is 2.50. The molecule has 0 aromatic carbocycles. The van der Waals surface area contributed by atoms with Crippen LogP contribution in [0.5, 0.6) is 0 Å². The molecule has 1 atom stereocenters. The molecule has 63 valence electrons. The lowest BCUT2D eigenvalue weighted by molar-refractivity contribution is 0.0797. The van der Waals surface area contributed by atoms with Gasteiger partial charge in [0.1, 0.15) is 6.10 Å². The topological polar surface area (TPSA) is 29.5 Å². The number of likely N-dealkylation sites (N-methyl/N-ethyl adjacent to an activating group) is 1. The Morgan fingerprint density at radius 1 is 1.73 bits per heavy atom. The van der Waals surface area contributed by atoms with Crippen molar-refractivity contribution in [3.8, 4) is 0 Å². The summed E-state index contributed by atoms with van der Waals surface area (Å²) in [7, 11) is 0. The van der Waals surface area contributed by atoms with Crippen LogP contribution in [-0.2, 0) is 9.53 Å². The van der Waals surface area contributed by atoms with Gasteiger partial charge in [-0.2, -0.15) is 0 Å². The molecule has 0 saturated carbocycles. The maximum atomic E-state index is 9.90. The Morgan fingerprint density at radius 2 is 2.55 bits per heavy atom. The molecule has 1 unspecified atom stereocenters. The summed E-state index contributed by atoms with van der Waals surface area (Å²) in [5.74, 6) is 0. The highest BCUT2D eigenvalue weighted by Crippen LogP contribution is 2.11. The Balaban J connectivity index is 2.27. The van der Waals surface area contributed by atoms with E-state index in [1.807, 2.05) is 0 Å². The lowest BCUT2D eigenvalue weighted by Gasteiger charge is -2.29. The van der Waals surface area contributed by atoms with E-state index in [0.717, 1.165) is 32.5 Å². The molecule has 0 aliphatic carbocycles. The predicted molar refractivity (Wildman–Crippen MR) is 41.9 cm³/mol. The number of likely N-dealkylation sites (tertiary alicyclic amines) is 1. The lowest BCUT2D eigenvalue weighted by atomic mass is 10.1. The molecular formula is C8H14NO2. The highest BCUT2D eigenvalue weighted by Gasteiger charge is 2.19. The van der Waals surface area contributed by atoms with Crippen LogP contribution in [0, 0.1) is 0 Å². The second kappa shape index (κ2) is 4.34. The minimum absolute atomic E-state index is 0.0844. The minimum atomic E-state index is 0.0844. The first-order valence-electron chi connectivity index (χ1n) is 4.12. The van der Waals surface area contributed by atoms with Gasteiger partial charge >= 0.3 is 6.47 Å². The zero-order valence-electron chi connectivity index (χ0n) is 6.88. The minimum Gasteiger partial charge on any atom is -0.453 e. The maximum absolute atomic E-state index is 9.90. The number of carbonyl (C=O) groups excluding carboxylic acids is 1. The summed E-state index contributed by atoms with van der Waals surface area (Å²) < 4.78 is 4.77. The van der Waals surface area contributed by atoms with Gasteiger partial charge in [0.2, 0.25) is 0 Å². The van der Waals surface area contributed by atoms with Crippen molar-refractivity contribution in [3.63, 3.8) is 0 Å². The lowest BCUT2D eigenvalue weighted by Crippen LogP contribution is -2.39. The van der Waals surface area contributed by atoms with Crippen LogP contribution in [0.2, 0.25) is 0 Å². The van der Waals surface area contributed by atoms with E-state index in [0.29, 0.717) is 0 Å². The first-order chi connectivity index (χ1) is 5.36. The highest BCUT2D eigenvalue weighted by molar-refractivity contribution is 5.38. The third-order valence-corrected chi connectivity index (χ3v) is 2.12. The van der Waals surface area contributed by atoms with Gasteiger partial charge in [-0.1, -0.05) is 6.92 Å². The number of nitrogens with zero attached hydrogens (tertiary/aromatic N) is 1. The fourth-order valence-corrected chi connectivity index (χ4v) is 1.46. The van der Waals surface area contributed by atoms with Gasteiger partial charge in [-0.15, -0.1) is 0 Å². The van der Waals surface area contributed by atoms with Crippen molar-refractivity contribution in [2.45, 2.75) is 25.9 Å². The van der Waals surface area contributed by atoms with Gasteiger partial charge < -0.3 is 4.74 Å². The van der Waals surface area contributed by atoms with Gasteiger partial charge in [0, 0.05) is 6.54 Å². The Labute approximate surface area is 67.3 Å². The molecule has 3 heteroatoms. The highest BCUT2D eigenvalue weighted by atomic mass is 16.5. The first kappa shape index (κ1) is 8.53. The fraction of sp³-hybridized carbons (Fsp3) is 0.875. The summed E-state index contributed by atoms with van der Waals surface area (Å²) in [4.78, 5) is 12.2. The van der Waals surface area contributed by atoms with Crippen molar-refractivity contribution in [3.05, 3.63) is 0 Å². The van der Waals surface area contributed by atoms with E-state index < -0.39 is 0 Å². The van der Waals surface area contributed by atoms with Crippen LogP contribution in [0.1, 0.15) is 19.8 Å². The number of hydrogen-bond acceptors (Lipinski definition) is 3. The van der Waals surface area contributed by atoms with Crippen LogP contribution in [-0.4, -0.2) is 37.1 Å². The van der Waals surface area contributed by atoms with Crippen LogP contribution in [0.25, 0.3) is 0 Å². The normalized spacial score (nSPS) is 26.5. The van der Waals surface area contributed by atoms with Crippen molar-refractivity contribution in [2.75, 3.05) is 19.6 Å². The summed E-state index contributed by atoms with van der Waals surface area (Å²) >= 11 is 0. The number of ether oxygens (including phenoxy) is 1. The SMILES string of the molecule is CCN1CCCC(O[C]=O)C1. The number of piperidine rings is 1. The second-order valence-electron chi connectivity index (χ2n) is 2.86. The summed E-state index contributed by atoms with van der Waals surface area (Å²) in [5, 5.41) is 0. The van der Waals surface area contributed by atoms with Gasteiger partial charge in [0.25, 0.3) is 0 Å². The Bertz CT molecular complexity index is 127. The van der Waals surface area contributed by atoms with Crippen molar-refractivity contribution < 1.29 is 9.53 Å². The summed E-state index contributed by atoms with van der Waals surface area (Å²) in [5.41, 5.74) is 0. The Morgan fingerprint density at radius 3 is 3.18 bits per heavy atom. The molecule has 0 amide bonds. The maximum Gasteiger partial charge on any atom is 0.417 e. The standard InChI is InChI=1S/C8H14NO2/c1-2-9-5-3-4-8(6-9)11-7-10/h8H,2-6H2,1H3. The summed E-state index contributed by atoms with van der Waals surface area (Å²) in [6.07, 6.45) is 2.20. The van der Waals surface area contributed by atoms with Gasteiger partial charge in [-0.3, -0.25) is 4.90 Å². The van der Waals surface area contributed by atoms with Gasteiger partial charge in [0.15, 0.2) is 0 Å². The molecule has 1 aliphatic heterocycles. The van der Waals surface area contributed by atoms with Gasteiger partial charge in [-0.25, -0.2) is 4.79 Å². The smallest absolute Gasteiger partial charge is 0.417 e. The molecule has 3 nitrogen and oxygen atoms in total. The van der Waals surface area contributed by atoms with E-state index in [1.165, 1.54) is 6.47 Å². The van der Waals surface area contributed by atoms with E-state index in [2.05, 4.69) is 11.8 Å². The van der Waals surface area contributed by atoms with Gasteiger partial charge in [-0.05, 0) is 25.9 Å². The van der Waals surface area contributed by atoms with Crippen molar-refractivity contribution in [1.29, 1.82) is 0 Å². The van der Waals surface area contributed by atoms with E-state index in [9.17, 15) is 4.79 Å². The predicted octanol–water partition coefficient (Wildman–Crippen LogP) is 0.554. The van der Waals surface area contributed by atoms with E-state index in [1.54, 1.807) is 0 Å². The monoisotopic (exact) mass is 156 g/mol. The van der Waals surface area contributed by atoms with Gasteiger partial charge in [0.05, 0.1) is 0 Å². The van der Waals surface area contributed by atoms with Crippen LogP contribution < -0.4 is 0 Å². The van der Waals surface area contributed by atoms with Crippen LogP contribution in [0.15, 0.2) is 0 Å². The van der Waals surface area contributed by atoms with Crippen molar-refractivity contribution in [2.24, 2.45) is 0 Å². The molecule has 0 N–H and O–H groups in total. The third-order valence-electron chi connectivity index (χ3n) is 2.12. The van der Waals surface area contributed by atoms with Crippen LogP contribution in [0.4, 0.5) is 0 Å². The first-order valence-corrected chi connectivity index (χ1v) is 4.12. The molecule has 1 radical (unpaired) electrons. The summed E-state index contributed by atoms with van der Waals surface area (Å²) in [6.45, 7) is 6.68. The second-order valence-corrected chi connectivity index (χ2v) is 2.86. The number of rotatable bonds is 3. The average molecular weight is 156 g/mol. The van der Waals surface area contributed by atoms with Crippen LogP contribution in [0.3, 0.4) is 0 Å². The largest absolute Gasteiger partial charge is 0.453 e. The zero-order chi connectivity index (χ0) is 8.10. The van der Waals surface area contributed by atoms with Crippen LogP contribution >= 0.6 is 0 Å². The van der Waals surface area contributed by atoms with E-state index >= 15 is 0 Å². The molecular weight excluding hydrogens is 142 g/mol. The Kier molecular flexibility index (Phi) is 3.36. The number of hydrogen-bond donors (Lipinski definition) is 0. The average Bonchev–Trinajstić information content (AvgIpc) is 2.06. The molecule has 0 spiro atoms. The molecule has 1 fully saturated rings. The molecule has 1 heterocycles. The molecule has 0 aromatic heterocycles. The fourth-order valence-electron chi connectivity index (χ4n) is 1.46. The van der Waals surface area contributed by atoms with E-state index in [-0.39, 0.29) is 6.10 Å². The van der Waals surface area contributed by atoms with Crippen molar-refractivity contribution in [1.82, 2.24) is 4.90 Å². The quantitative estimate of drug-likeness (QED) is 0.597. The summed E-state index contributed by atoms with van der Waals surface area (Å²) in [6, 6.07) is 0. The molecule has 1 aliphatic rings. The molecule has 11 heavy (non-hydrogen) atoms. The molecule has 0 bridgehead atoms.